The Labute approximate surface area is 125 Å². The van der Waals surface area contributed by atoms with Crippen LogP contribution in [0.15, 0.2) is 22.7 Å². The number of likely N-dealkylation sites (tertiary alicyclic amines) is 1. The molecule has 3 heteroatoms. The molecule has 0 amide bonds. The van der Waals surface area contributed by atoms with E-state index in [2.05, 4.69) is 53.7 Å². The lowest BCUT2D eigenvalue weighted by Crippen LogP contribution is -2.33. The Kier molecular flexibility index (Phi) is 5.28. The van der Waals surface area contributed by atoms with Crippen molar-refractivity contribution in [3.63, 3.8) is 0 Å². The van der Waals surface area contributed by atoms with Crippen molar-refractivity contribution in [2.45, 2.75) is 46.3 Å². The fourth-order valence-electron chi connectivity index (χ4n) is 2.74. The van der Waals surface area contributed by atoms with Crippen LogP contribution in [-0.2, 0) is 6.54 Å². The highest BCUT2D eigenvalue weighted by Gasteiger charge is 2.16. The Balaban J connectivity index is 2.04. The standard InChI is InChI=1S/C16H24BrNO/c1-12(2)19-16-8-14(7-15(17)9-16)11-18-6-4-5-13(3)10-18/h7-9,12-13H,4-6,10-11H2,1-3H3. The molecule has 0 radical (unpaired) electrons. The van der Waals surface area contributed by atoms with E-state index in [1.54, 1.807) is 0 Å². The van der Waals surface area contributed by atoms with Gasteiger partial charge in [0.25, 0.3) is 0 Å². The summed E-state index contributed by atoms with van der Waals surface area (Å²) in [5.74, 6) is 1.79. The average Bonchev–Trinajstić information content (AvgIpc) is 2.26. The summed E-state index contributed by atoms with van der Waals surface area (Å²) in [6, 6.07) is 6.42. The minimum absolute atomic E-state index is 0.220. The normalized spacial score (nSPS) is 20.8. The highest BCUT2D eigenvalue weighted by Crippen LogP contribution is 2.25. The first-order chi connectivity index (χ1) is 9.02. The summed E-state index contributed by atoms with van der Waals surface area (Å²) < 4.78 is 6.90. The van der Waals surface area contributed by atoms with Gasteiger partial charge in [0, 0.05) is 17.6 Å². The summed E-state index contributed by atoms with van der Waals surface area (Å²) in [4.78, 5) is 2.55. The van der Waals surface area contributed by atoms with Crippen molar-refractivity contribution in [1.82, 2.24) is 4.90 Å². The summed E-state index contributed by atoms with van der Waals surface area (Å²) in [5.41, 5.74) is 1.33. The van der Waals surface area contributed by atoms with Crippen LogP contribution < -0.4 is 4.74 Å². The number of rotatable bonds is 4. The van der Waals surface area contributed by atoms with E-state index in [9.17, 15) is 0 Å². The molecule has 0 spiro atoms. The largest absolute Gasteiger partial charge is 0.491 e. The van der Waals surface area contributed by atoms with Gasteiger partial charge in [-0.3, -0.25) is 4.90 Å². The second-order valence-corrected chi connectivity index (χ2v) is 6.86. The van der Waals surface area contributed by atoms with Gasteiger partial charge in [0.05, 0.1) is 6.10 Å². The van der Waals surface area contributed by atoms with Gasteiger partial charge in [0.1, 0.15) is 5.75 Å². The van der Waals surface area contributed by atoms with Gasteiger partial charge in [-0.05, 0) is 62.9 Å². The lowest BCUT2D eigenvalue weighted by atomic mass is 10.00. The summed E-state index contributed by atoms with van der Waals surface area (Å²) in [7, 11) is 0. The molecule has 1 unspecified atom stereocenters. The zero-order valence-corrected chi connectivity index (χ0v) is 13.7. The Morgan fingerprint density at radius 2 is 2.16 bits per heavy atom. The van der Waals surface area contributed by atoms with E-state index in [1.165, 1.54) is 31.5 Å². The number of benzene rings is 1. The van der Waals surface area contributed by atoms with E-state index in [-0.39, 0.29) is 6.10 Å². The molecule has 0 N–H and O–H groups in total. The van der Waals surface area contributed by atoms with Crippen LogP contribution >= 0.6 is 15.9 Å². The molecular formula is C16H24BrNO. The SMILES string of the molecule is CC1CCCN(Cc2cc(Br)cc(OC(C)C)c2)C1. The molecule has 2 nitrogen and oxygen atoms in total. The van der Waals surface area contributed by atoms with Gasteiger partial charge in [0.15, 0.2) is 0 Å². The first-order valence-electron chi connectivity index (χ1n) is 7.21. The van der Waals surface area contributed by atoms with E-state index in [1.807, 2.05) is 6.07 Å². The number of hydrogen-bond acceptors (Lipinski definition) is 2. The summed E-state index contributed by atoms with van der Waals surface area (Å²) in [6.07, 6.45) is 2.92. The molecule has 0 saturated carbocycles. The molecule has 1 saturated heterocycles. The molecular weight excluding hydrogens is 302 g/mol. The molecule has 0 bridgehead atoms. The highest BCUT2D eigenvalue weighted by atomic mass is 79.9. The van der Waals surface area contributed by atoms with Crippen LogP contribution in [0.3, 0.4) is 0 Å². The van der Waals surface area contributed by atoms with Crippen LogP contribution in [0.4, 0.5) is 0 Å². The summed E-state index contributed by atoms with van der Waals surface area (Å²) in [5, 5.41) is 0. The van der Waals surface area contributed by atoms with Gasteiger partial charge in [-0.2, -0.15) is 0 Å². The number of piperidine rings is 1. The predicted molar refractivity (Wildman–Crippen MR) is 83.6 cm³/mol. The molecule has 0 aromatic heterocycles. The van der Waals surface area contributed by atoms with Crippen molar-refractivity contribution in [2.75, 3.05) is 13.1 Å². The quantitative estimate of drug-likeness (QED) is 0.809. The van der Waals surface area contributed by atoms with Crippen molar-refractivity contribution >= 4 is 15.9 Å². The molecule has 1 fully saturated rings. The summed E-state index contributed by atoms with van der Waals surface area (Å²) in [6.45, 7) is 9.93. The molecule has 1 aromatic rings. The topological polar surface area (TPSA) is 12.5 Å². The fraction of sp³-hybridized carbons (Fsp3) is 0.625. The van der Waals surface area contributed by atoms with Gasteiger partial charge >= 0.3 is 0 Å². The van der Waals surface area contributed by atoms with Crippen LogP contribution in [0.5, 0.6) is 5.75 Å². The van der Waals surface area contributed by atoms with Crippen LogP contribution in [-0.4, -0.2) is 24.1 Å². The van der Waals surface area contributed by atoms with E-state index in [4.69, 9.17) is 4.74 Å². The van der Waals surface area contributed by atoms with Crippen molar-refractivity contribution in [2.24, 2.45) is 5.92 Å². The van der Waals surface area contributed by atoms with Crippen molar-refractivity contribution in [1.29, 1.82) is 0 Å². The van der Waals surface area contributed by atoms with Crippen molar-refractivity contribution < 1.29 is 4.74 Å². The Hall–Kier alpha value is -0.540. The number of halogens is 1. The minimum Gasteiger partial charge on any atom is -0.491 e. The maximum atomic E-state index is 5.80. The van der Waals surface area contributed by atoms with Crippen LogP contribution in [0.25, 0.3) is 0 Å². The number of ether oxygens (including phenoxy) is 1. The zero-order chi connectivity index (χ0) is 13.8. The number of nitrogens with zero attached hydrogens (tertiary/aromatic N) is 1. The van der Waals surface area contributed by atoms with E-state index < -0.39 is 0 Å². The molecule has 1 aliphatic heterocycles. The molecule has 1 aliphatic rings. The lowest BCUT2D eigenvalue weighted by Gasteiger charge is -2.31. The first-order valence-corrected chi connectivity index (χ1v) is 8.00. The van der Waals surface area contributed by atoms with Crippen LogP contribution in [0.1, 0.15) is 39.2 Å². The zero-order valence-electron chi connectivity index (χ0n) is 12.2. The minimum atomic E-state index is 0.220. The third kappa shape index (κ3) is 4.81. The number of hydrogen-bond donors (Lipinski definition) is 0. The summed E-state index contributed by atoms with van der Waals surface area (Å²) >= 11 is 3.58. The maximum Gasteiger partial charge on any atom is 0.121 e. The molecule has 0 aliphatic carbocycles. The molecule has 106 valence electrons. The van der Waals surface area contributed by atoms with Crippen molar-refractivity contribution in [3.8, 4) is 5.75 Å². The highest BCUT2D eigenvalue weighted by molar-refractivity contribution is 9.10. The Morgan fingerprint density at radius 3 is 2.84 bits per heavy atom. The smallest absolute Gasteiger partial charge is 0.121 e. The second kappa shape index (κ2) is 6.76. The Morgan fingerprint density at radius 1 is 1.37 bits per heavy atom. The first kappa shape index (κ1) is 14.9. The third-order valence-corrected chi connectivity index (χ3v) is 3.91. The molecule has 1 atom stereocenters. The van der Waals surface area contributed by atoms with E-state index in [0.29, 0.717) is 0 Å². The van der Waals surface area contributed by atoms with Gasteiger partial charge in [-0.1, -0.05) is 22.9 Å². The van der Waals surface area contributed by atoms with Gasteiger partial charge in [-0.25, -0.2) is 0 Å². The lowest BCUT2D eigenvalue weighted by molar-refractivity contribution is 0.176. The van der Waals surface area contributed by atoms with E-state index >= 15 is 0 Å². The monoisotopic (exact) mass is 325 g/mol. The second-order valence-electron chi connectivity index (χ2n) is 5.94. The third-order valence-electron chi connectivity index (χ3n) is 3.45. The molecule has 19 heavy (non-hydrogen) atoms. The van der Waals surface area contributed by atoms with Gasteiger partial charge < -0.3 is 4.74 Å². The fourth-order valence-corrected chi connectivity index (χ4v) is 3.26. The molecule has 1 heterocycles. The van der Waals surface area contributed by atoms with Crippen LogP contribution in [0.2, 0.25) is 0 Å². The van der Waals surface area contributed by atoms with Gasteiger partial charge in [0.2, 0.25) is 0 Å². The Bertz CT molecular complexity index is 419. The van der Waals surface area contributed by atoms with E-state index in [0.717, 1.165) is 22.7 Å². The molecule has 1 aromatic carbocycles. The molecule has 2 rings (SSSR count). The average molecular weight is 326 g/mol. The predicted octanol–water partition coefficient (Wildman–Crippen LogP) is 4.47. The van der Waals surface area contributed by atoms with Crippen molar-refractivity contribution in [3.05, 3.63) is 28.2 Å². The van der Waals surface area contributed by atoms with Gasteiger partial charge in [-0.15, -0.1) is 0 Å². The maximum absolute atomic E-state index is 5.80. The van der Waals surface area contributed by atoms with Crippen LogP contribution in [0, 0.1) is 5.92 Å².